The number of fused-ring (bicyclic) bond motifs is 1. The number of urea groups is 1. The zero-order valence-electron chi connectivity index (χ0n) is 12.1. The van der Waals surface area contributed by atoms with Crippen LogP contribution in [-0.2, 0) is 6.42 Å². The van der Waals surface area contributed by atoms with Crippen LogP contribution in [0.3, 0.4) is 0 Å². The Morgan fingerprint density at radius 2 is 2.19 bits per heavy atom. The second-order valence-electron chi connectivity index (χ2n) is 6.08. The molecule has 3 rings (SSSR count). The van der Waals surface area contributed by atoms with E-state index in [-0.39, 0.29) is 17.6 Å². The molecule has 112 valence electrons. The molecule has 0 aromatic heterocycles. The van der Waals surface area contributed by atoms with E-state index in [4.69, 9.17) is 5.11 Å². The van der Waals surface area contributed by atoms with Crippen LogP contribution in [0, 0.1) is 5.92 Å². The minimum atomic E-state index is -0.932. The van der Waals surface area contributed by atoms with E-state index in [0.717, 1.165) is 23.6 Å². The van der Waals surface area contributed by atoms with Gasteiger partial charge in [0.25, 0.3) is 0 Å². The Labute approximate surface area is 123 Å². The van der Waals surface area contributed by atoms with Crippen molar-refractivity contribution in [2.75, 3.05) is 11.4 Å². The summed E-state index contributed by atoms with van der Waals surface area (Å²) < 4.78 is 0. The average Bonchev–Trinajstić information content (AvgIpc) is 3.14. The van der Waals surface area contributed by atoms with Gasteiger partial charge >= 0.3 is 12.0 Å². The fourth-order valence-electron chi connectivity index (χ4n) is 2.95. The molecule has 1 aliphatic carbocycles. The average molecular weight is 288 g/mol. The van der Waals surface area contributed by atoms with Crippen LogP contribution in [0.2, 0.25) is 0 Å². The summed E-state index contributed by atoms with van der Waals surface area (Å²) in [5, 5.41) is 12.0. The summed E-state index contributed by atoms with van der Waals surface area (Å²) in [6, 6.07) is 5.06. The third-order valence-electron chi connectivity index (χ3n) is 4.22. The minimum absolute atomic E-state index is 0.0787. The van der Waals surface area contributed by atoms with Crippen LogP contribution < -0.4 is 10.2 Å². The quantitative estimate of drug-likeness (QED) is 0.895. The van der Waals surface area contributed by atoms with Crippen LogP contribution in [0.25, 0.3) is 0 Å². The molecule has 0 saturated heterocycles. The topological polar surface area (TPSA) is 69.6 Å². The fraction of sp³-hybridized carbons (Fsp3) is 0.500. The van der Waals surface area contributed by atoms with Gasteiger partial charge in [0.2, 0.25) is 0 Å². The molecule has 0 bridgehead atoms. The Balaban J connectivity index is 1.68. The molecule has 1 fully saturated rings. The Hall–Kier alpha value is -2.04. The molecule has 5 heteroatoms. The molecule has 2 N–H and O–H groups in total. The molecule has 0 radical (unpaired) electrons. The predicted molar refractivity (Wildman–Crippen MR) is 79.8 cm³/mol. The number of carbonyl (C=O) groups is 2. The van der Waals surface area contributed by atoms with E-state index in [1.165, 1.54) is 12.8 Å². The van der Waals surface area contributed by atoms with E-state index in [1.54, 1.807) is 23.1 Å². The van der Waals surface area contributed by atoms with E-state index >= 15 is 0 Å². The van der Waals surface area contributed by atoms with E-state index in [9.17, 15) is 9.59 Å². The number of amides is 2. The zero-order valence-corrected chi connectivity index (χ0v) is 12.1. The Bertz CT molecular complexity index is 581. The maximum Gasteiger partial charge on any atom is 0.335 e. The van der Waals surface area contributed by atoms with E-state index in [2.05, 4.69) is 5.32 Å². The molecule has 1 aliphatic heterocycles. The van der Waals surface area contributed by atoms with Gasteiger partial charge < -0.3 is 10.4 Å². The van der Waals surface area contributed by atoms with Gasteiger partial charge in [-0.2, -0.15) is 0 Å². The van der Waals surface area contributed by atoms with Gasteiger partial charge in [0.1, 0.15) is 0 Å². The van der Waals surface area contributed by atoms with Crippen molar-refractivity contribution in [2.24, 2.45) is 5.92 Å². The molecule has 5 nitrogen and oxygen atoms in total. The number of carboxylic acids is 1. The minimum Gasteiger partial charge on any atom is -0.478 e. The summed E-state index contributed by atoms with van der Waals surface area (Å²) in [5.41, 5.74) is 2.04. The van der Waals surface area contributed by atoms with Gasteiger partial charge in [-0.15, -0.1) is 0 Å². The lowest BCUT2D eigenvalue weighted by molar-refractivity contribution is 0.0697. The number of hydrogen-bond donors (Lipinski definition) is 2. The highest BCUT2D eigenvalue weighted by Gasteiger charge is 2.28. The van der Waals surface area contributed by atoms with Gasteiger partial charge in [-0.05, 0) is 49.4 Å². The Morgan fingerprint density at radius 3 is 2.86 bits per heavy atom. The maximum absolute atomic E-state index is 12.3. The number of nitrogens with one attached hydrogen (secondary N) is 1. The van der Waals surface area contributed by atoms with Crippen LogP contribution in [0.1, 0.15) is 42.1 Å². The molecule has 21 heavy (non-hydrogen) atoms. The fourth-order valence-corrected chi connectivity index (χ4v) is 2.95. The first-order chi connectivity index (χ1) is 10.0. The van der Waals surface area contributed by atoms with Crippen molar-refractivity contribution in [2.45, 2.75) is 38.6 Å². The zero-order chi connectivity index (χ0) is 15.0. The molecule has 2 amide bonds. The first kappa shape index (κ1) is 13.9. The van der Waals surface area contributed by atoms with Crippen LogP contribution in [0.15, 0.2) is 18.2 Å². The number of aromatic carboxylic acids is 1. The molecule has 1 atom stereocenters. The van der Waals surface area contributed by atoms with Gasteiger partial charge in [-0.3, -0.25) is 4.90 Å². The predicted octanol–water partition coefficient (Wildman–Crippen LogP) is 2.65. The number of benzene rings is 1. The standard InChI is InChI=1S/C16H20N2O3/c1-10(8-11-2-3-11)17-16(21)18-7-6-12-9-13(15(19)20)4-5-14(12)18/h4-5,9-11H,2-3,6-8H2,1H3,(H,17,21)(H,19,20). The van der Waals surface area contributed by atoms with Gasteiger partial charge in [0, 0.05) is 18.3 Å². The van der Waals surface area contributed by atoms with Crippen LogP contribution in [-0.4, -0.2) is 29.7 Å². The van der Waals surface area contributed by atoms with E-state index in [0.29, 0.717) is 13.0 Å². The monoisotopic (exact) mass is 288 g/mol. The van der Waals surface area contributed by atoms with Crippen LogP contribution in [0.5, 0.6) is 0 Å². The normalized spacial score (nSPS) is 18.2. The molecular weight excluding hydrogens is 268 g/mol. The summed E-state index contributed by atoms with van der Waals surface area (Å²) in [4.78, 5) is 25.0. The van der Waals surface area contributed by atoms with Crippen molar-refractivity contribution in [1.82, 2.24) is 5.32 Å². The highest BCUT2D eigenvalue weighted by molar-refractivity contribution is 5.96. The van der Waals surface area contributed by atoms with Crippen LogP contribution >= 0.6 is 0 Å². The number of anilines is 1. The first-order valence-corrected chi connectivity index (χ1v) is 7.49. The summed E-state index contributed by atoms with van der Waals surface area (Å²) >= 11 is 0. The van der Waals surface area contributed by atoms with Crippen molar-refractivity contribution < 1.29 is 14.7 Å². The summed E-state index contributed by atoms with van der Waals surface area (Å²) in [7, 11) is 0. The van der Waals surface area contributed by atoms with E-state index in [1.807, 2.05) is 6.92 Å². The molecule has 2 aliphatic rings. The van der Waals surface area contributed by atoms with Crippen molar-refractivity contribution in [3.8, 4) is 0 Å². The lowest BCUT2D eigenvalue weighted by Gasteiger charge is -2.21. The summed E-state index contributed by atoms with van der Waals surface area (Å²) in [6.45, 7) is 2.65. The van der Waals surface area contributed by atoms with Crippen molar-refractivity contribution >= 4 is 17.7 Å². The van der Waals surface area contributed by atoms with Crippen molar-refractivity contribution in [3.63, 3.8) is 0 Å². The maximum atomic E-state index is 12.3. The molecule has 1 heterocycles. The van der Waals surface area contributed by atoms with Crippen molar-refractivity contribution in [3.05, 3.63) is 29.3 Å². The number of hydrogen-bond acceptors (Lipinski definition) is 2. The number of nitrogens with zero attached hydrogens (tertiary/aromatic N) is 1. The van der Waals surface area contributed by atoms with Gasteiger partial charge in [-0.25, -0.2) is 9.59 Å². The van der Waals surface area contributed by atoms with Gasteiger partial charge in [0.15, 0.2) is 0 Å². The molecule has 1 unspecified atom stereocenters. The molecule has 1 aromatic carbocycles. The first-order valence-electron chi connectivity index (χ1n) is 7.49. The third kappa shape index (κ3) is 3.01. The molecule has 1 saturated carbocycles. The number of carbonyl (C=O) groups excluding carboxylic acids is 1. The smallest absolute Gasteiger partial charge is 0.335 e. The van der Waals surface area contributed by atoms with Gasteiger partial charge in [0.05, 0.1) is 5.56 Å². The molecular formula is C16H20N2O3. The highest BCUT2D eigenvalue weighted by atomic mass is 16.4. The number of carboxylic acid groups (broad SMARTS) is 1. The third-order valence-corrected chi connectivity index (χ3v) is 4.22. The Kier molecular flexibility index (Phi) is 3.57. The lowest BCUT2D eigenvalue weighted by atomic mass is 10.1. The second kappa shape index (κ2) is 5.39. The largest absolute Gasteiger partial charge is 0.478 e. The molecule has 0 spiro atoms. The summed E-state index contributed by atoms with van der Waals surface area (Å²) in [6.07, 6.45) is 4.32. The SMILES string of the molecule is CC(CC1CC1)NC(=O)N1CCc2cc(C(=O)O)ccc21. The van der Waals surface area contributed by atoms with Crippen LogP contribution in [0.4, 0.5) is 10.5 Å². The number of rotatable bonds is 4. The Morgan fingerprint density at radius 1 is 1.43 bits per heavy atom. The van der Waals surface area contributed by atoms with Gasteiger partial charge in [-0.1, -0.05) is 12.8 Å². The molecule has 1 aromatic rings. The lowest BCUT2D eigenvalue weighted by Crippen LogP contribution is -2.43. The van der Waals surface area contributed by atoms with Crippen molar-refractivity contribution in [1.29, 1.82) is 0 Å². The second-order valence-corrected chi connectivity index (χ2v) is 6.08. The summed E-state index contributed by atoms with van der Waals surface area (Å²) in [5.74, 6) is -0.150. The highest BCUT2D eigenvalue weighted by Crippen LogP contribution is 2.34. The van der Waals surface area contributed by atoms with E-state index < -0.39 is 5.97 Å².